The molecule has 0 unspecified atom stereocenters. The van der Waals surface area contributed by atoms with Gasteiger partial charge in [0, 0.05) is 17.4 Å². The van der Waals surface area contributed by atoms with E-state index in [0.717, 1.165) is 28.6 Å². The van der Waals surface area contributed by atoms with E-state index in [4.69, 9.17) is 0 Å². The first-order valence-corrected chi connectivity index (χ1v) is 9.03. The number of thiophene rings is 1. The van der Waals surface area contributed by atoms with Gasteiger partial charge in [-0.2, -0.15) is 0 Å². The number of hydrogen-bond acceptors (Lipinski definition) is 3. The molecular formula is C18H14BrNO2S. The smallest absolute Gasteiger partial charge is 0.261 e. The Morgan fingerprint density at radius 1 is 1.04 bits per heavy atom. The molecule has 1 aliphatic heterocycles. The van der Waals surface area contributed by atoms with Crippen LogP contribution >= 0.6 is 27.3 Å². The largest absolute Gasteiger partial charge is 0.274 e. The lowest BCUT2D eigenvalue weighted by Crippen LogP contribution is -2.30. The van der Waals surface area contributed by atoms with Gasteiger partial charge in [-0.1, -0.05) is 24.0 Å². The van der Waals surface area contributed by atoms with Crippen molar-refractivity contribution in [1.29, 1.82) is 0 Å². The summed E-state index contributed by atoms with van der Waals surface area (Å²) in [4.78, 5) is 26.8. The average molecular weight is 388 g/mol. The quantitative estimate of drug-likeness (QED) is 0.444. The van der Waals surface area contributed by atoms with Gasteiger partial charge >= 0.3 is 0 Å². The molecule has 0 spiro atoms. The molecule has 1 aromatic heterocycles. The van der Waals surface area contributed by atoms with Crippen LogP contribution in [0.1, 0.15) is 44.9 Å². The summed E-state index contributed by atoms with van der Waals surface area (Å²) in [5, 5.41) is 2.00. The first-order chi connectivity index (χ1) is 11.2. The Balaban J connectivity index is 1.49. The highest BCUT2D eigenvalue weighted by atomic mass is 79.9. The van der Waals surface area contributed by atoms with Crippen LogP contribution in [0.5, 0.6) is 0 Å². The van der Waals surface area contributed by atoms with E-state index in [1.54, 1.807) is 35.6 Å². The van der Waals surface area contributed by atoms with E-state index < -0.39 is 0 Å². The normalized spacial score (nSPS) is 13.0. The first kappa shape index (κ1) is 16.0. The number of imide groups is 1. The standard InChI is InChI=1S/C18H14BrNO2S/c19-15-10-12-23-16(15)9-3-1-2-6-11-20-17(21)13-7-4-5-8-14(13)18(20)22/h4-5,7-8,10,12H,1-2,6,11H2. The maximum Gasteiger partial charge on any atom is 0.261 e. The highest BCUT2D eigenvalue weighted by Crippen LogP contribution is 2.23. The summed E-state index contributed by atoms with van der Waals surface area (Å²) in [7, 11) is 0. The van der Waals surface area contributed by atoms with Gasteiger partial charge in [0.25, 0.3) is 11.8 Å². The molecule has 0 N–H and O–H groups in total. The van der Waals surface area contributed by atoms with E-state index in [9.17, 15) is 9.59 Å². The van der Waals surface area contributed by atoms with E-state index in [-0.39, 0.29) is 11.8 Å². The van der Waals surface area contributed by atoms with Gasteiger partial charge in [0.15, 0.2) is 0 Å². The number of amides is 2. The molecule has 0 radical (unpaired) electrons. The molecule has 3 nitrogen and oxygen atoms in total. The molecule has 1 aliphatic rings. The Morgan fingerprint density at radius 3 is 2.35 bits per heavy atom. The molecular weight excluding hydrogens is 374 g/mol. The molecule has 5 heteroatoms. The summed E-state index contributed by atoms with van der Waals surface area (Å²) in [5.74, 6) is 5.90. The third-order valence-corrected chi connectivity index (χ3v) is 5.38. The zero-order valence-electron chi connectivity index (χ0n) is 12.3. The Hall–Kier alpha value is -1.90. The number of benzene rings is 1. The number of nitrogens with zero attached hydrogens (tertiary/aromatic N) is 1. The SMILES string of the molecule is O=C1c2ccccc2C(=O)N1CCCCC#Cc1sccc1Br. The molecule has 2 amide bonds. The van der Waals surface area contributed by atoms with Crippen molar-refractivity contribution in [2.24, 2.45) is 0 Å². The number of unbranched alkanes of at least 4 members (excludes halogenated alkanes) is 2. The van der Waals surface area contributed by atoms with Crippen molar-refractivity contribution in [3.8, 4) is 11.8 Å². The number of carbonyl (C=O) groups is 2. The third-order valence-electron chi connectivity index (χ3n) is 3.63. The number of halogens is 1. The van der Waals surface area contributed by atoms with Crippen LogP contribution in [-0.2, 0) is 0 Å². The summed E-state index contributed by atoms with van der Waals surface area (Å²) < 4.78 is 1.03. The lowest BCUT2D eigenvalue weighted by molar-refractivity contribution is 0.0652. The maximum atomic E-state index is 12.2. The third kappa shape index (κ3) is 3.39. The minimum Gasteiger partial charge on any atom is -0.274 e. The van der Waals surface area contributed by atoms with Crippen molar-refractivity contribution in [2.75, 3.05) is 6.54 Å². The molecule has 116 valence electrons. The Bertz CT molecular complexity index is 781. The predicted octanol–water partition coefficient (Wildman–Crippen LogP) is 4.33. The van der Waals surface area contributed by atoms with Gasteiger partial charge < -0.3 is 0 Å². The summed E-state index contributed by atoms with van der Waals surface area (Å²) >= 11 is 5.06. The molecule has 0 atom stereocenters. The molecule has 3 rings (SSSR count). The molecule has 0 saturated carbocycles. The molecule has 0 saturated heterocycles. The van der Waals surface area contributed by atoms with E-state index >= 15 is 0 Å². The van der Waals surface area contributed by atoms with Crippen molar-refractivity contribution in [3.63, 3.8) is 0 Å². The second kappa shape index (κ2) is 7.12. The van der Waals surface area contributed by atoms with Gasteiger partial charge in [0.1, 0.15) is 0 Å². The zero-order chi connectivity index (χ0) is 16.2. The minimum absolute atomic E-state index is 0.181. The van der Waals surface area contributed by atoms with Crippen molar-refractivity contribution in [3.05, 3.63) is 56.2 Å². The topological polar surface area (TPSA) is 37.4 Å². The number of hydrogen-bond donors (Lipinski definition) is 0. The van der Waals surface area contributed by atoms with Crippen LogP contribution in [0.3, 0.4) is 0 Å². The van der Waals surface area contributed by atoms with Gasteiger partial charge in [-0.3, -0.25) is 14.5 Å². The van der Waals surface area contributed by atoms with Crippen molar-refractivity contribution < 1.29 is 9.59 Å². The second-order valence-corrected chi connectivity index (χ2v) is 6.93. The molecule has 2 heterocycles. The zero-order valence-corrected chi connectivity index (χ0v) is 14.7. The summed E-state index contributed by atoms with van der Waals surface area (Å²) in [5.41, 5.74) is 1.03. The van der Waals surface area contributed by atoms with Crippen LogP contribution in [0.25, 0.3) is 0 Å². The maximum absolute atomic E-state index is 12.2. The van der Waals surface area contributed by atoms with Crippen LogP contribution in [0.4, 0.5) is 0 Å². The average Bonchev–Trinajstić information content (AvgIpc) is 3.07. The van der Waals surface area contributed by atoms with Gasteiger partial charge in [-0.25, -0.2) is 0 Å². The molecule has 2 aromatic rings. The molecule has 0 bridgehead atoms. The predicted molar refractivity (Wildman–Crippen MR) is 94.6 cm³/mol. The summed E-state index contributed by atoms with van der Waals surface area (Å²) in [6.45, 7) is 0.455. The monoisotopic (exact) mass is 387 g/mol. The molecule has 0 fully saturated rings. The number of rotatable bonds is 4. The van der Waals surface area contributed by atoms with Gasteiger partial charge in [0.2, 0.25) is 0 Å². The highest BCUT2D eigenvalue weighted by molar-refractivity contribution is 9.10. The van der Waals surface area contributed by atoms with Crippen LogP contribution < -0.4 is 0 Å². The summed E-state index contributed by atoms with van der Waals surface area (Å²) in [6, 6.07) is 8.97. The molecule has 0 aliphatic carbocycles. The van der Waals surface area contributed by atoms with E-state index in [1.807, 2.05) is 11.4 Å². The minimum atomic E-state index is -0.181. The fourth-order valence-corrected chi connectivity index (χ4v) is 3.79. The van der Waals surface area contributed by atoms with E-state index in [1.165, 1.54) is 4.90 Å². The number of fused-ring (bicyclic) bond motifs is 1. The van der Waals surface area contributed by atoms with Crippen LogP contribution in [0, 0.1) is 11.8 Å². The van der Waals surface area contributed by atoms with E-state index in [2.05, 4.69) is 27.8 Å². The highest BCUT2D eigenvalue weighted by Gasteiger charge is 2.34. The Morgan fingerprint density at radius 2 is 1.74 bits per heavy atom. The Kier molecular flexibility index (Phi) is 4.94. The lowest BCUT2D eigenvalue weighted by atomic mass is 10.1. The summed E-state index contributed by atoms with van der Waals surface area (Å²) in [6.07, 6.45) is 2.39. The molecule has 1 aromatic carbocycles. The lowest BCUT2D eigenvalue weighted by Gasteiger charge is -2.12. The van der Waals surface area contributed by atoms with Gasteiger partial charge in [0.05, 0.1) is 16.0 Å². The van der Waals surface area contributed by atoms with Crippen LogP contribution in [0.2, 0.25) is 0 Å². The van der Waals surface area contributed by atoms with Crippen LogP contribution in [0.15, 0.2) is 40.2 Å². The van der Waals surface area contributed by atoms with Crippen LogP contribution in [-0.4, -0.2) is 23.3 Å². The van der Waals surface area contributed by atoms with Gasteiger partial charge in [-0.15, -0.1) is 11.3 Å². The van der Waals surface area contributed by atoms with Crippen molar-refractivity contribution in [2.45, 2.75) is 19.3 Å². The fourth-order valence-electron chi connectivity index (χ4n) is 2.45. The van der Waals surface area contributed by atoms with Crippen molar-refractivity contribution >= 4 is 39.1 Å². The fraction of sp³-hybridized carbons (Fsp3) is 0.222. The molecule has 23 heavy (non-hydrogen) atoms. The van der Waals surface area contributed by atoms with Gasteiger partial charge in [-0.05, 0) is 52.4 Å². The van der Waals surface area contributed by atoms with Crippen molar-refractivity contribution in [1.82, 2.24) is 4.90 Å². The van der Waals surface area contributed by atoms with E-state index in [0.29, 0.717) is 17.7 Å². The number of carbonyl (C=O) groups excluding carboxylic acids is 2. The first-order valence-electron chi connectivity index (χ1n) is 7.35. The second-order valence-electron chi connectivity index (χ2n) is 5.16. The Labute approximate surface area is 147 Å².